The van der Waals surface area contributed by atoms with E-state index in [1.54, 1.807) is 7.11 Å². The lowest BCUT2D eigenvalue weighted by atomic mass is 10.1. The van der Waals surface area contributed by atoms with E-state index in [0.29, 0.717) is 12.6 Å². The molecule has 2 aliphatic heterocycles. The highest BCUT2D eigenvalue weighted by Crippen LogP contribution is 2.23. The van der Waals surface area contributed by atoms with Gasteiger partial charge in [-0.1, -0.05) is 0 Å². The van der Waals surface area contributed by atoms with E-state index in [2.05, 4.69) is 16.1 Å². The zero-order valence-corrected chi connectivity index (χ0v) is 12.8. The Kier molecular flexibility index (Phi) is 4.60. The van der Waals surface area contributed by atoms with E-state index in [0.717, 1.165) is 51.0 Å². The van der Waals surface area contributed by atoms with Crippen LogP contribution in [-0.4, -0.2) is 54.8 Å². The molecule has 1 atom stereocenters. The number of methoxy groups -OCH3 is 1. The molecule has 1 unspecified atom stereocenters. The smallest absolute Gasteiger partial charge is 0.270 e. The molecule has 5 nitrogen and oxygen atoms in total. The number of likely N-dealkylation sites (tertiary alicyclic amines) is 1. The van der Waals surface area contributed by atoms with E-state index in [1.165, 1.54) is 0 Å². The highest BCUT2D eigenvalue weighted by molar-refractivity contribution is 5.93. The molecule has 116 valence electrons. The predicted octanol–water partition coefficient (Wildman–Crippen LogP) is 1.66. The van der Waals surface area contributed by atoms with Crippen LogP contribution in [0.5, 0.6) is 0 Å². The second-order valence-electron chi connectivity index (χ2n) is 6.03. The number of carbonyl (C=O) groups excluding carboxylic acids is 1. The van der Waals surface area contributed by atoms with E-state index in [-0.39, 0.29) is 12.0 Å². The minimum atomic E-state index is 0.153. The van der Waals surface area contributed by atoms with Crippen LogP contribution in [0.3, 0.4) is 0 Å². The predicted molar refractivity (Wildman–Crippen MR) is 81.5 cm³/mol. The highest BCUT2D eigenvalue weighted by Gasteiger charge is 2.27. The van der Waals surface area contributed by atoms with Gasteiger partial charge in [-0.2, -0.15) is 0 Å². The van der Waals surface area contributed by atoms with Crippen LogP contribution in [-0.2, 0) is 4.74 Å². The molecule has 1 aromatic heterocycles. The van der Waals surface area contributed by atoms with Crippen molar-refractivity contribution in [1.82, 2.24) is 14.8 Å². The summed E-state index contributed by atoms with van der Waals surface area (Å²) in [5.41, 5.74) is 0.832. The van der Waals surface area contributed by atoms with Gasteiger partial charge in [-0.3, -0.25) is 4.79 Å². The summed E-state index contributed by atoms with van der Waals surface area (Å²) in [4.78, 5) is 14.8. The topological polar surface area (TPSA) is 46.5 Å². The third kappa shape index (κ3) is 3.14. The summed E-state index contributed by atoms with van der Waals surface area (Å²) in [5.74, 6) is 0.153. The average molecular weight is 291 g/mol. The van der Waals surface area contributed by atoms with Crippen LogP contribution in [0.15, 0.2) is 18.3 Å². The van der Waals surface area contributed by atoms with Crippen LogP contribution < -0.4 is 5.32 Å². The lowest BCUT2D eigenvalue weighted by Crippen LogP contribution is -2.43. The molecule has 0 saturated carbocycles. The molecule has 0 bridgehead atoms. The highest BCUT2D eigenvalue weighted by atomic mass is 16.5. The summed E-state index contributed by atoms with van der Waals surface area (Å²) in [6.45, 7) is 3.63. The third-order valence-electron chi connectivity index (χ3n) is 4.70. The van der Waals surface area contributed by atoms with Crippen molar-refractivity contribution in [2.24, 2.45) is 0 Å². The summed E-state index contributed by atoms with van der Waals surface area (Å²) in [7, 11) is 1.73. The van der Waals surface area contributed by atoms with Gasteiger partial charge in [-0.05, 0) is 50.9 Å². The van der Waals surface area contributed by atoms with Crippen molar-refractivity contribution < 1.29 is 9.53 Å². The van der Waals surface area contributed by atoms with Crippen molar-refractivity contribution in [3.05, 3.63) is 24.0 Å². The number of rotatable bonds is 3. The summed E-state index contributed by atoms with van der Waals surface area (Å²) in [5, 5.41) is 3.38. The van der Waals surface area contributed by atoms with Crippen molar-refractivity contribution >= 4 is 5.91 Å². The monoisotopic (exact) mass is 291 g/mol. The van der Waals surface area contributed by atoms with Crippen LogP contribution in [0, 0.1) is 0 Å². The molecule has 2 saturated heterocycles. The second kappa shape index (κ2) is 6.62. The molecule has 2 aliphatic rings. The molecule has 3 rings (SSSR count). The van der Waals surface area contributed by atoms with Gasteiger partial charge in [0.2, 0.25) is 0 Å². The summed E-state index contributed by atoms with van der Waals surface area (Å²) >= 11 is 0. The van der Waals surface area contributed by atoms with Crippen LogP contribution in [0.25, 0.3) is 0 Å². The third-order valence-corrected chi connectivity index (χ3v) is 4.70. The van der Waals surface area contributed by atoms with E-state index >= 15 is 0 Å². The molecule has 1 amide bonds. The van der Waals surface area contributed by atoms with E-state index in [4.69, 9.17) is 4.74 Å². The average Bonchev–Trinajstić information content (AvgIpc) is 3.04. The Morgan fingerprint density at radius 3 is 2.90 bits per heavy atom. The Morgan fingerprint density at radius 2 is 2.14 bits per heavy atom. The summed E-state index contributed by atoms with van der Waals surface area (Å²) < 4.78 is 7.61. The Balaban J connectivity index is 1.74. The first kappa shape index (κ1) is 14.6. The maximum absolute atomic E-state index is 12.8. The molecule has 1 aromatic rings. The molecule has 2 fully saturated rings. The van der Waals surface area contributed by atoms with E-state index in [1.807, 2.05) is 17.0 Å². The van der Waals surface area contributed by atoms with Gasteiger partial charge in [0.1, 0.15) is 5.69 Å². The van der Waals surface area contributed by atoms with Gasteiger partial charge in [-0.25, -0.2) is 0 Å². The zero-order valence-electron chi connectivity index (χ0n) is 12.8. The number of nitrogens with one attached hydrogen (secondary N) is 1. The molecule has 1 N–H and O–H groups in total. The van der Waals surface area contributed by atoms with Gasteiger partial charge >= 0.3 is 0 Å². The number of hydrogen-bond acceptors (Lipinski definition) is 3. The number of piperidine rings is 2. The summed E-state index contributed by atoms with van der Waals surface area (Å²) in [6, 6.07) is 4.40. The molecule has 3 heterocycles. The Morgan fingerprint density at radius 1 is 1.33 bits per heavy atom. The van der Waals surface area contributed by atoms with Crippen LogP contribution in [0.4, 0.5) is 0 Å². The van der Waals surface area contributed by atoms with E-state index in [9.17, 15) is 4.79 Å². The van der Waals surface area contributed by atoms with Crippen molar-refractivity contribution in [3.63, 3.8) is 0 Å². The van der Waals surface area contributed by atoms with Gasteiger partial charge < -0.3 is 19.5 Å². The number of aromatic nitrogens is 1. The first-order valence-corrected chi connectivity index (χ1v) is 7.99. The van der Waals surface area contributed by atoms with Crippen molar-refractivity contribution in [1.29, 1.82) is 0 Å². The van der Waals surface area contributed by atoms with E-state index < -0.39 is 0 Å². The fourth-order valence-electron chi connectivity index (χ4n) is 3.46. The quantitative estimate of drug-likeness (QED) is 0.921. The molecular formula is C16H25N3O2. The lowest BCUT2D eigenvalue weighted by molar-refractivity contribution is 0.0261. The van der Waals surface area contributed by atoms with Gasteiger partial charge in [0.25, 0.3) is 5.91 Å². The molecule has 5 heteroatoms. The first-order chi connectivity index (χ1) is 10.3. The minimum Gasteiger partial charge on any atom is -0.380 e. The maximum Gasteiger partial charge on any atom is 0.270 e. The standard InChI is InChI=1S/C16H25N3O2/c1-21-14-4-2-10-18(12-14)16(20)15-5-3-11-19(15)13-6-8-17-9-7-13/h3,5,11,13-14,17H,2,4,6-10,12H2,1H3. The summed E-state index contributed by atoms with van der Waals surface area (Å²) in [6.07, 6.45) is 6.50. The minimum absolute atomic E-state index is 0.153. The lowest BCUT2D eigenvalue weighted by Gasteiger charge is -2.33. The van der Waals surface area contributed by atoms with Crippen molar-refractivity contribution in [3.8, 4) is 0 Å². The normalized spacial score (nSPS) is 24.2. The van der Waals surface area contributed by atoms with Crippen LogP contribution in [0.1, 0.15) is 42.2 Å². The Bertz CT molecular complexity index is 480. The van der Waals surface area contributed by atoms with Crippen LogP contribution >= 0.6 is 0 Å². The molecule has 0 aromatic carbocycles. The Hall–Kier alpha value is -1.33. The van der Waals surface area contributed by atoms with Crippen LogP contribution in [0.2, 0.25) is 0 Å². The second-order valence-corrected chi connectivity index (χ2v) is 6.03. The molecule has 0 aliphatic carbocycles. The van der Waals surface area contributed by atoms with Crippen molar-refractivity contribution in [2.45, 2.75) is 37.8 Å². The number of carbonyl (C=O) groups is 1. The fraction of sp³-hybridized carbons (Fsp3) is 0.688. The zero-order chi connectivity index (χ0) is 14.7. The SMILES string of the molecule is COC1CCCN(C(=O)c2cccn2C2CCNCC2)C1. The maximum atomic E-state index is 12.8. The first-order valence-electron chi connectivity index (χ1n) is 7.99. The van der Waals surface area contributed by atoms with Gasteiger partial charge in [0.15, 0.2) is 0 Å². The van der Waals surface area contributed by atoms with Crippen molar-refractivity contribution in [2.75, 3.05) is 33.3 Å². The molecular weight excluding hydrogens is 266 g/mol. The molecule has 0 spiro atoms. The number of ether oxygens (including phenoxy) is 1. The number of hydrogen-bond donors (Lipinski definition) is 1. The number of nitrogens with zero attached hydrogens (tertiary/aromatic N) is 2. The molecule has 0 radical (unpaired) electrons. The van der Waals surface area contributed by atoms with Gasteiger partial charge in [0.05, 0.1) is 6.10 Å². The number of amides is 1. The molecule has 21 heavy (non-hydrogen) atoms. The Labute approximate surface area is 126 Å². The largest absolute Gasteiger partial charge is 0.380 e. The fourth-order valence-corrected chi connectivity index (χ4v) is 3.46. The van der Waals surface area contributed by atoms with Gasteiger partial charge in [0, 0.05) is 32.4 Å². The van der Waals surface area contributed by atoms with Gasteiger partial charge in [-0.15, -0.1) is 0 Å².